The van der Waals surface area contributed by atoms with Gasteiger partial charge in [-0.05, 0) is 43.0 Å². The van der Waals surface area contributed by atoms with Crippen molar-refractivity contribution in [2.75, 3.05) is 6.61 Å². The minimum absolute atomic E-state index is 0.103. The van der Waals surface area contributed by atoms with E-state index in [0.29, 0.717) is 23.4 Å². The van der Waals surface area contributed by atoms with Gasteiger partial charge in [0.1, 0.15) is 5.82 Å². The van der Waals surface area contributed by atoms with Crippen molar-refractivity contribution in [2.45, 2.75) is 19.8 Å². The van der Waals surface area contributed by atoms with Gasteiger partial charge in [0.05, 0.1) is 0 Å². The third-order valence-corrected chi connectivity index (χ3v) is 2.28. The van der Waals surface area contributed by atoms with E-state index in [0.717, 1.165) is 5.56 Å². The molecule has 0 aliphatic rings. The van der Waals surface area contributed by atoms with E-state index >= 15 is 0 Å². The highest BCUT2D eigenvalue weighted by atomic mass is 35.5. The highest BCUT2D eigenvalue weighted by Gasteiger charge is 2.04. The van der Waals surface area contributed by atoms with Crippen LogP contribution < -0.4 is 0 Å². The fourth-order valence-corrected chi connectivity index (χ4v) is 1.46. The molecule has 1 nitrogen and oxygen atoms in total. The highest BCUT2D eigenvalue weighted by Crippen LogP contribution is 2.21. The lowest BCUT2D eigenvalue weighted by Crippen LogP contribution is -1.93. The van der Waals surface area contributed by atoms with Crippen LogP contribution in [-0.4, -0.2) is 11.7 Å². The topological polar surface area (TPSA) is 20.2 Å². The molecule has 0 radical (unpaired) electrons. The first kappa shape index (κ1) is 10.5. The van der Waals surface area contributed by atoms with Gasteiger partial charge in [0.25, 0.3) is 0 Å². The second-order valence-electron chi connectivity index (χ2n) is 3.02. The number of aliphatic hydroxyl groups is 1. The Morgan fingerprint density at radius 1 is 1.46 bits per heavy atom. The van der Waals surface area contributed by atoms with Crippen molar-refractivity contribution in [3.05, 3.63) is 34.1 Å². The second kappa shape index (κ2) is 4.58. The summed E-state index contributed by atoms with van der Waals surface area (Å²) in [6, 6.07) is 3.05. The van der Waals surface area contributed by atoms with Crippen LogP contribution >= 0.6 is 11.6 Å². The summed E-state index contributed by atoms with van der Waals surface area (Å²) in [4.78, 5) is 0. The Labute approximate surface area is 82.2 Å². The molecule has 0 aliphatic carbocycles. The molecule has 0 bridgehead atoms. The predicted molar refractivity (Wildman–Crippen MR) is 51.6 cm³/mol. The molecular formula is C10H12ClFO. The van der Waals surface area contributed by atoms with Gasteiger partial charge in [-0.1, -0.05) is 11.6 Å². The molecule has 0 saturated carbocycles. The predicted octanol–water partition coefficient (Wildman–Crippen LogP) is 2.71. The zero-order chi connectivity index (χ0) is 9.84. The molecule has 1 N–H and O–H groups in total. The van der Waals surface area contributed by atoms with Crippen LogP contribution in [-0.2, 0) is 6.42 Å². The SMILES string of the molecule is Cc1cc(Cl)c(CCCO)cc1F. The number of benzene rings is 1. The fraction of sp³-hybridized carbons (Fsp3) is 0.400. The number of halogens is 2. The largest absolute Gasteiger partial charge is 0.396 e. The Kier molecular flexibility index (Phi) is 3.70. The third kappa shape index (κ3) is 2.68. The maximum Gasteiger partial charge on any atom is 0.126 e. The standard InChI is InChI=1S/C10H12ClFO/c1-7-5-9(11)8(3-2-4-13)6-10(7)12/h5-6,13H,2-4H2,1H3. The first-order valence-corrected chi connectivity index (χ1v) is 4.58. The van der Waals surface area contributed by atoms with Crippen molar-refractivity contribution in [1.29, 1.82) is 0 Å². The van der Waals surface area contributed by atoms with E-state index in [9.17, 15) is 4.39 Å². The van der Waals surface area contributed by atoms with E-state index in [4.69, 9.17) is 16.7 Å². The molecule has 3 heteroatoms. The summed E-state index contributed by atoms with van der Waals surface area (Å²) in [5, 5.41) is 9.18. The minimum Gasteiger partial charge on any atom is -0.396 e. The van der Waals surface area contributed by atoms with Crippen molar-refractivity contribution in [3.8, 4) is 0 Å². The second-order valence-corrected chi connectivity index (χ2v) is 3.43. The fourth-order valence-electron chi connectivity index (χ4n) is 1.15. The third-order valence-electron chi connectivity index (χ3n) is 1.93. The lowest BCUT2D eigenvalue weighted by atomic mass is 10.1. The zero-order valence-electron chi connectivity index (χ0n) is 7.48. The molecule has 0 saturated heterocycles. The smallest absolute Gasteiger partial charge is 0.126 e. The van der Waals surface area contributed by atoms with Gasteiger partial charge in [0.15, 0.2) is 0 Å². The van der Waals surface area contributed by atoms with Gasteiger partial charge >= 0.3 is 0 Å². The van der Waals surface area contributed by atoms with Crippen LogP contribution in [0.4, 0.5) is 4.39 Å². The van der Waals surface area contributed by atoms with E-state index in [1.54, 1.807) is 13.0 Å². The number of hydrogen-bond donors (Lipinski definition) is 1. The molecule has 0 aromatic heterocycles. The maximum absolute atomic E-state index is 13.1. The summed E-state index contributed by atoms with van der Waals surface area (Å²) in [6.45, 7) is 1.78. The van der Waals surface area contributed by atoms with E-state index < -0.39 is 0 Å². The van der Waals surface area contributed by atoms with Gasteiger partial charge in [-0.25, -0.2) is 4.39 Å². The number of hydrogen-bond acceptors (Lipinski definition) is 1. The monoisotopic (exact) mass is 202 g/mol. The average Bonchev–Trinajstić information content (AvgIpc) is 2.09. The molecule has 13 heavy (non-hydrogen) atoms. The van der Waals surface area contributed by atoms with Crippen molar-refractivity contribution < 1.29 is 9.50 Å². The molecule has 0 heterocycles. The first-order chi connectivity index (χ1) is 6.15. The summed E-state index contributed by atoms with van der Waals surface area (Å²) >= 11 is 5.89. The Hall–Kier alpha value is -0.600. The molecule has 72 valence electrons. The molecule has 0 unspecified atom stereocenters. The van der Waals surface area contributed by atoms with Crippen LogP contribution in [0.25, 0.3) is 0 Å². The van der Waals surface area contributed by atoms with Crippen molar-refractivity contribution >= 4 is 11.6 Å². The zero-order valence-corrected chi connectivity index (χ0v) is 8.24. The van der Waals surface area contributed by atoms with E-state index in [2.05, 4.69) is 0 Å². The molecule has 0 amide bonds. The Morgan fingerprint density at radius 2 is 2.15 bits per heavy atom. The van der Waals surface area contributed by atoms with Crippen molar-refractivity contribution in [1.82, 2.24) is 0 Å². The molecule has 1 aromatic rings. The molecule has 0 aliphatic heterocycles. The highest BCUT2D eigenvalue weighted by molar-refractivity contribution is 6.31. The summed E-state index contributed by atoms with van der Waals surface area (Å²) in [5.74, 6) is -0.239. The van der Waals surface area contributed by atoms with Crippen LogP contribution in [0.5, 0.6) is 0 Å². The van der Waals surface area contributed by atoms with Crippen LogP contribution in [0.15, 0.2) is 12.1 Å². The lowest BCUT2D eigenvalue weighted by molar-refractivity contribution is 0.288. The summed E-state index contributed by atoms with van der Waals surface area (Å²) in [7, 11) is 0. The van der Waals surface area contributed by atoms with Crippen molar-refractivity contribution in [2.24, 2.45) is 0 Å². The van der Waals surface area contributed by atoms with E-state index in [1.165, 1.54) is 6.07 Å². The summed E-state index contributed by atoms with van der Waals surface area (Å²) in [5.41, 5.74) is 1.32. The summed E-state index contributed by atoms with van der Waals surface area (Å²) in [6.07, 6.45) is 1.23. The van der Waals surface area contributed by atoms with Gasteiger partial charge in [-0.15, -0.1) is 0 Å². The number of aliphatic hydroxyl groups excluding tert-OH is 1. The minimum atomic E-state index is -0.239. The number of rotatable bonds is 3. The van der Waals surface area contributed by atoms with Crippen molar-refractivity contribution in [3.63, 3.8) is 0 Å². The first-order valence-electron chi connectivity index (χ1n) is 4.20. The molecule has 0 spiro atoms. The maximum atomic E-state index is 13.1. The van der Waals surface area contributed by atoms with Crippen LogP contribution in [0.2, 0.25) is 5.02 Å². The normalized spacial score (nSPS) is 10.5. The molecular weight excluding hydrogens is 191 g/mol. The summed E-state index contributed by atoms with van der Waals surface area (Å²) < 4.78 is 13.1. The Bertz CT molecular complexity index is 299. The van der Waals surface area contributed by atoms with Gasteiger partial charge in [-0.3, -0.25) is 0 Å². The van der Waals surface area contributed by atoms with Crippen LogP contribution in [0, 0.1) is 12.7 Å². The molecule has 0 fully saturated rings. The van der Waals surface area contributed by atoms with Gasteiger partial charge in [0, 0.05) is 11.6 Å². The van der Waals surface area contributed by atoms with Gasteiger partial charge in [0.2, 0.25) is 0 Å². The van der Waals surface area contributed by atoms with Gasteiger partial charge in [-0.2, -0.15) is 0 Å². The molecule has 0 atom stereocenters. The van der Waals surface area contributed by atoms with Crippen LogP contribution in [0.3, 0.4) is 0 Å². The van der Waals surface area contributed by atoms with Gasteiger partial charge < -0.3 is 5.11 Å². The average molecular weight is 203 g/mol. The van der Waals surface area contributed by atoms with E-state index in [1.807, 2.05) is 0 Å². The quantitative estimate of drug-likeness (QED) is 0.799. The Morgan fingerprint density at radius 3 is 2.77 bits per heavy atom. The molecule has 1 rings (SSSR count). The van der Waals surface area contributed by atoms with E-state index in [-0.39, 0.29) is 12.4 Å². The lowest BCUT2D eigenvalue weighted by Gasteiger charge is -2.05. The molecule has 1 aromatic carbocycles. The number of aryl methyl sites for hydroxylation is 2. The Balaban J connectivity index is 2.88. The van der Waals surface area contributed by atoms with Crippen LogP contribution in [0.1, 0.15) is 17.5 Å².